The molecule has 114 valence electrons. The summed E-state index contributed by atoms with van der Waals surface area (Å²) in [7, 11) is 1.51. The van der Waals surface area contributed by atoms with E-state index in [9.17, 15) is 4.79 Å². The number of carbonyl (C=O) groups excluding carboxylic acids is 1. The standard InChI is InChI=1S/C12H22N4O3S/c1-4-16(5-2)12-15-10(13)9(20-12)11(18)14-8(6-17)7-19-3/h8,17H,4-7,13H2,1-3H3,(H,14,18). The highest BCUT2D eigenvalue weighted by atomic mass is 32.1. The average molecular weight is 302 g/mol. The Bertz CT molecular complexity index is 434. The predicted octanol–water partition coefficient (Wildman–Crippen LogP) is 0.309. The van der Waals surface area contributed by atoms with Crippen molar-refractivity contribution in [2.45, 2.75) is 19.9 Å². The Morgan fingerprint density at radius 2 is 2.20 bits per heavy atom. The molecular formula is C12H22N4O3S. The van der Waals surface area contributed by atoms with Crippen LogP contribution in [0, 0.1) is 0 Å². The van der Waals surface area contributed by atoms with Gasteiger partial charge in [0.25, 0.3) is 5.91 Å². The number of aliphatic hydroxyl groups is 1. The van der Waals surface area contributed by atoms with Gasteiger partial charge in [-0.15, -0.1) is 0 Å². The molecule has 0 fully saturated rings. The monoisotopic (exact) mass is 302 g/mol. The van der Waals surface area contributed by atoms with E-state index in [-0.39, 0.29) is 24.9 Å². The van der Waals surface area contributed by atoms with E-state index in [2.05, 4.69) is 10.3 Å². The van der Waals surface area contributed by atoms with E-state index in [0.717, 1.165) is 18.2 Å². The van der Waals surface area contributed by atoms with Crippen molar-refractivity contribution in [2.75, 3.05) is 44.0 Å². The lowest BCUT2D eigenvalue weighted by Gasteiger charge is -2.16. The fraction of sp³-hybridized carbons (Fsp3) is 0.667. The van der Waals surface area contributed by atoms with Crippen LogP contribution >= 0.6 is 11.3 Å². The van der Waals surface area contributed by atoms with Crippen molar-refractivity contribution in [3.05, 3.63) is 4.88 Å². The molecule has 0 aliphatic rings. The third-order valence-corrected chi connectivity index (χ3v) is 3.94. The van der Waals surface area contributed by atoms with Crippen LogP contribution in [0.2, 0.25) is 0 Å². The number of anilines is 2. The van der Waals surface area contributed by atoms with Gasteiger partial charge in [0.1, 0.15) is 10.7 Å². The summed E-state index contributed by atoms with van der Waals surface area (Å²) >= 11 is 1.25. The number of methoxy groups -OCH3 is 1. The maximum Gasteiger partial charge on any atom is 0.265 e. The number of nitrogens with zero attached hydrogens (tertiary/aromatic N) is 2. The third-order valence-electron chi connectivity index (χ3n) is 2.81. The van der Waals surface area contributed by atoms with Gasteiger partial charge in [0.2, 0.25) is 0 Å². The van der Waals surface area contributed by atoms with Crippen LogP contribution in [0.3, 0.4) is 0 Å². The van der Waals surface area contributed by atoms with Gasteiger partial charge in [0.05, 0.1) is 19.3 Å². The van der Waals surface area contributed by atoms with Gasteiger partial charge >= 0.3 is 0 Å². The summed E-state index contributed by atoms with van der Waals surface area (Å²) in [5.41, 5.74) is 5.80. The number of nitrogens with one attached hydrogen (secondary N) is 1. The molecule has 0 bridgehead atoms. The van der Waals surface area contributed by atoms with Crippen LogP contribution in [0.4, 0.5) is 10.9 Å². The van der Waals surface area contributed by atoms with Crippen molar-refractivity contribution >= 4 is 28.2 Å². The molecule has 0 radical (unpaired) electrons. The van der Waals surface area contributed by atoms with E-state index in [1.54, 1.807) is 0 Å². The van der Waals surface area contributed by atoms with E-state index in [1.165, 1.54) is 18.4 Å². The van der Waals surface area contributed by atoms with Crippen molar-refractivity contribution in [3.63, 3.8) is 0 Å². The number of hydrogen-bond donors (Lipinski definition) is 3. The number of rotatable bonds is 8. The summed E-state index contributed by atoms with van der Waals surface area (Å²) in [6.45, 7) is 5.67. The minimum Gasteiger partial charge on any atom is -0.394 e. The molecule has 20 heavy (non-hydrogen) atoms. The highest BCUT2D eigenvalue weighted by molar-refractivity contribution is 7.18. The number of thiazole rings is 1. The van der Waals surface area contributed by atoms with E-state index < -0.39 is 6.04 Å². The fourth-order valence-corrected chi connectivity index (χ4v) is 2.72. The predicted molar refractivity (Wildman–Crippen MR) is 80.3 cm³/mol. The number of amides is 1. The Morgan fingerprint density at radius 1 is 1.55 bits per heavy atom. The Labute approximate surface area is 122 Å². The average Bonchev–Trinajstić information content (AvgIpc) is 2.81. The number of carbonyl (C=O) groups is 1. The molecule has 0 saturated heterocycles. The molecule has 1 aromatic heterocycles. The van der Waals surface area contributed by atoms with Gasteiger partial charge in [-0.05, 0) is 13.8 Å². The van der Waals surface area contributed by atoms with Crippen molar-refractivity contribution in [1.29, 1.82) is 0 Å². The molecule has 0 aliphatic heterocycles. The molecule has 0 aromatic carbocycles. The Balaban J connectivity index is 2.83. The van der Waals surface area contributed by atoms with Gasteiger partial charge in [-0.3, -0.25) is 4.79 Å². The van der Waals surface area contributed by atoms with Gasteiger partial charge in [-0.25, -0.2) is 4.98 Å². The summed E-state index contributed by atoms with van der Waals surface area (Å²) in [6.07, 6.45) is 0. The van der Waals surface area contributed by atoms with Crippen LogP contribution < -0.4 is 16.0 Å². The molecule has 1 unspecified atom stereocenters. The molecule has 0 spiro atoms. The molecule has 8 heteroatoms. The molecule has 7 nitrogen and oxygen atoms in total. The van der Waals surface area contributed by atoms with Crippen LogP contribution in [-0.4, -0.2) is 55.5 Å². The van der Waals surface area contributed by atoms with Crippen molar-refractivity contribution < 1.29 is 14.6 Å². The first-order valence-electron chi connectivity index (χ1n) is 6.49. The van der Waals surface area contributed by atoms with Crippen LogP contribution in [0.15, 0.2) is 0 Å². The smallest absolute Gasteiger partial charge is 0.265 e. The minimum absolute atomic E-state index is 0.193. The second-order valence-corrected chi connectivity index (χ2v) is 5.17. The number of hydrogen-bond acceptors (Lipinski definition) is 7. The Kier molecular flexibility index (Phi) is 6.69. The van der Waals surface area contributed by atoms with E-state index >= 15 is 0 Å². The van der Waals surface area contributed by atoms with Crippen LogP contribution in [-0.2, 0) is 4.74 Å². The SMILES string of the molecule is CCN(CC)c1nc(N)c(C(=O)NC(CO)COC)s1. The lowest BCUT2D eigenvalue weighted by Crippen LogP contribution is -2.40. The molecule has 0 saturated carbocycles. The highest BCUT2D eigenvalue weighted by Crippen LogP contribution is 2.27. The Hall–Kier alpha value is -1.38. The molecule has 1 amide bonds. The quantitative estimate of drug-likeness (QED) is 0.639. The zero-order valence-electron chi connectivity index (χ0n) is 12.0. The third kappa shape index (κ3) is 4.06. The highest BCUT2D eigenvalue weighted by Gasteiger charge is 2.20. The first-order valence-corrected chi connectivity index (χ1v) is 7.30. The zero-order chi connectivity index (χ0) is 15.1. The number of nitrogens with two attached hydrogens (primary N) is 1. The number of nitrogen functional groups attached to an aromatic ring is 1. The summed E-state index contributed by atoms with van der Waals surface area (Å²) < 4.78 is 4.91. The van der Waals surface area contributed by atoms with Crippen LogP contribution in [0.1, 0.15) is 23.5 Å². The zero-order valence-corrected chi connectivity index (χ0v) is 12.9. The van der Waals surface area contributed by atoms with Gasteiger partial charge < -0.3 is 25.8 Å². The molecular weight excluding hydrogens is 280 g/mol. The van der Waals surface area contributed by atoms with Gasteiger partial charge in [-0.1, -0.05) is 11.3 Å². The summed E-state index contributed by atoms with van der Waals surface area (Å²) in [5, 5.41) is 12.5. The van der Waals surface area contributed by atoms with E-state index in [0.29, 0.717) is 4.88 Å². The van der Waals surface area contributed by atoms with E-state index in [1.807, 2.05) is 18.7 Å². The molecule has 1 aromatic rings. The number of aliphatic hydroxyl groups excluding tert-OH is 1. The van der Waals surface area contributed by atoms with Gasteiger partial charge in [0, 0.05) is 20.2 Å². The summed E-state index contributed by atoms with van der Waals surface area (Å²) in [4.78, 5) is 18.7. The molecule has 1 atom stereocenters. The van der Waals surface area contributed by atoms with Gasteiger partial charge in [0.15, 0.2) is 5.13 Å². The maximum absolute atomic E-state index is 12.1. The summed E-state index contributed by atoms with van der Waals surface area (Å²) in [6, 6.07) is -0.453. The first-order chi connectivity index (χ1) is 9.57. The lowest BCUT2D eigenvalue weighted by molar-refractivity contribution is 0.0844. The summed E-state index contributed by atoms with van der Waals surface area (Å²) in [5.74, 6) is -0.127. The van der Waals surface area contributed by atoms with Crippen LogP contribution in [0.5, 0.6) is 0 Å². The largest absolute Gasteiger partial charge is 0.394 e. The molecule has 4 N–H and O–H groups in total. The van der Waals surface area contributed by atoms with Crippen molar-refractivity contribution in [2.24, 2.45) is 0 Å². The van der Waals surface area contributed by atoms with Crippen molar-refractivity contribution in [3.8, 4) is 0 Å². The Morgan fingerprint density at radius 3 is 2.70 bits per heavy atom. The normalized spacial score (nSPS) is 12.2. The lowest BCUT2D eigenvalue weighted by atomic mass is 10.3. The van der Waals surface area contributed by atoms with Crippen molar-refractivity contribution in [1.82, 2.24) is 10.3 Å². The van der Waals surface area contributed by atoms with E-state index in [4.69, 9.17) is 15.6 Å². The second kappa shape index (κ2) is 8.03. The number of aromatic nitrogens is 1. The topological polar surface area (TPSA) is 101 Å². The van der Waals surface area contributed by atoms with Crippen LogP contribution in [0.25, 0.3) is 0 Å². The van der Waals surface area contributed by atoms with Gasteiger partial charge in [-0.2, -0.15) is 0 Å². The maximum atomic E-state index is 12.1. The first kappa shape index (κ1) is 16.7. The molecule has 1 heterocycles. The minimum atomic E-state index is -0.453. The molecule has 1 rings (SSSR count). The second-order valence-electron chi connectivity index (χ2n) is 4.19. The fourth-order valence-electron chi connectivity index (χ4n) is 1.70. The number of ether oxygens (including phenoxy) is 1. The molecule has 0 aliphatic carbocycles.